The van der Waals surface area contributed by atoms with E-state index in [0.717, 1.165) is 24.9 Å². The molecule has 4 heteroatoms. The lowest BCUT2D eigenvalue weighted by Crippen LogP contribution is -2.45. The number of hydrogen-bond acceptors (Lipinski definition) is 2. The highest BCUT2D eigenvalue weighted by Crippen LogP contribution is 2.18. The van der Waals surface area contributed by atoms with Crippen LogP contribution in [0.15, 0.2) is 18.2 Å². The summed E-state index contributed by atoms with van der Waals surface area (Å²) in [5.74, 6) is 0.151. The molecule has 0 saturated carbocycles. The second-order valence-electron chi connectivity index (χ2n) is 5.14. The number of carbonyl (C=O) groups is 1. The molecule has 2 rings (SSSR count). The summed E-state index contributed by atoms with van der Waals surface area (Å²) >= 11 is 0. The number of hydrogen-bond donors (Lipinski definition) is 2. The maximum Gasteiger partial charge on any atom is 0.241 e. The Kier molecular flexibility index (Phi) is 3.97. The van der Waals surface area contributed by atoms with Crippen LogP contribution in [-0.2, 0) is 4.79 Å². The van der Waals surface area contributed by atoms with Gasteiger partial charge in [0.15, 0.2) is 0 Å². The normalized spacial score (nSPS) is 23.7. The molecular formula is C14H19FN2O. The summed E-state index contributed by atoms with van der Waals surface area (Å²) in [5.41, 5.74) is 1.33. The van der Waals surface area contributed by atoms with Crippen LogP contribution in [0.2, 0.25) is 0 Å². The van der Waals surface area contributed by atoms with Gasteiger partial charge in [-0.3, -0.25) is 4.79 Å². The molecular weight excluding hydrogens is 231 g/mol. The fourth-order valence-electron chi connectivity index (χ4n) is 2.35. The third kappa shape index (κ3) is 3.29. The molecule has 1 aliphatic heterocycles. The van der Waals surface area contributed by atoms with Gasteiger partial charge >= 0.3 is 0 Å². The van der Waals surface area contributed by atoms with Crippen LogP contribution in [0.4, 0.5) is 10.1 Å². The van der Waals surface area contributed by atoms with Crippen LogP contribution in [0.1, 0.15) is 25.3 Å². The van der Waals surface area contributed by atoms with E-state index in [0.29, 0.717) is 11.6 Å². The SMILES string of the molecule is Cc1cc(F)cc(NC(=O)C2CC(C)CCN2)c1. The van der Waals surface area contributed by atoms with Gasteiger partial charge in [0.1, 0.15) is 5.82 Å². The van der Waals surface area contributed by atoms with Crippen LogP contribution in [-0.4, -0.2) is 18.5 Å². The van der Waals surface area contributed by atoms with Crippen LogP contribution < -0.4 is 10.6 Å². The van der Waals surface area contributed by atoms with Gasteiger partial charge in [-0.2, -0.15) is 0 Å². The number of halogens is 1. The molecule has 98 valence electrons. The van der Waals surface area contributed by atoms with E-state index >= 15 is 0 Å². The Balaban J connectivity index is 2.02. The zero-order valence-electron chi connectivity index (χ0n) is 10.8. The predicted octanol–water partition coefficient (Wildman–Crippen LogP) is 2.46. The molecule has 2 unspecified atom stereocenters. The fraction of sp³-hybridized carbons (Fsp3) is 0.500. The average Bonchev–Trinajstić information content (AvgIpc) is 2.27. The molecule has 1 aromatic carbocycles. The van der Waals surface area contributed by atoms with E-state index in [-0.39, 0.29) is 17.8 Å². The van der Waals surface area contributed by atoms with Crippen LogP contribution in [0.3, 0.4) is 0 Å². The van der Waals surface area contributed by atoms with E-state index in [9.17, 15) is 9.18 Å². The fourth-order valence-corrected chi connectivity index (χ4v) is 2.35. The number of benzene rings is 1. The first-order valence-electron chi connectivity index (χ1n) is 6.36. The van der Waals surface area contributed by atoms with Crippen molar-refractivity contribution >= 4 is 11.6 Å². The predicted molar refractivity (Wildman–Crippen MR) is 70.0 cm³/mol. The molecule has 0 radical (unpaired) electrons. The van der Waals surface area contributed by atoms with Gasteiger partial charge in [-0.15, -0.1) is 0 Å². The van der Waals surface area contributed by atoms with E-state index in [1.165, 1.54) is 12.1 Å². The molecule has 1 amide bonds. The first-order chi connectivity index (χ1) is 8.54. The van der Waals surface area contributed by atoms with E-state index < -0.39 is 0 Å². The first kappa shape index (κ1) is 13.0. The van der Waals surface area contributed by atoms with Crippen molar-refractivity contribution in [2.45, 2.75) is 32.7 Å². The number of anilines is 1. The minimum absolute atomic E-state index is 0.0773. The molecule has 0 aliphatic carbocycles. The van der Waals surface area contributed by atoms with Crippen LogP contribution >= 0.6 is 0 Å². The van der Waals surface area contributed by atoms with Gasteiger partial charge in [0.2, 0.25) is 5.91 Å². The zero-order chi connectivity index (χ0) is 13.1. The number of aryl methyl sites for hydroxylation is 1. The van der Waals surface area contributed by atoms with Crippen LogP contribution in [0, 0.1) is 18.7 Å². The molecule has 2 N–H and O–H groups in total. The summed E-state index contributed by atoms with van der Waals surface area (Å²) < 4.78 is 13.2. The van der Waals surface area contributed by atoms with Crippen molar-refractivity contribution in [2.24, 2.45) is 5.92 Å². The van der Waals surface area contributed by atoms with Gasteiger partial charge in [-0.1, -0.05) is 6.92 Å². The Labute approximate surface area is 107 Å². The van der Waals surface area contributed by atoms with Crippen LogP contribution in [0.25, 0.3) is 0 Å². The topological polar surface area (TPSA) is 41.1 Å². The first-order valence-corrected chi connectivity index (χ1v) is 6.36. The Morgan fingerprint density at radius 2 is 2.22 bits per heavy atom. The lowest BCUT2D eigenvalue weighted by atomic mass is 9.94. The molecule has 0 aromatic heterocycles. The van der Waals surface area contributed by atoms with E-state index in [1.807, 2.05) is 0 Å². The van der Waals surface area contributed by atoms with Crippen molar-refractivity contribution in [3.8, 4) is 0 Å². The Bertz CT molecular complexity index is 427. The second kappa shape index (κ2) is 5.48. The quantitative estimate of drug-likeness (QED) is 0.846. The maximum absolute atomic E-state index is 13.2. The lowest BCUT2D eigenvalue weighted by molar-refractivity contribution is -0.119. The van der Waals surface area contributed by atoms with Gasteiger partial charge in [-0.05, 0) is 56.0 Å². The molecule has 2 atom stereocenters. The van der Waals surface area contributed by atoms with Crippen molar-refractivity contribution in [3.05, 3.63) is 29.6 Å². The van der Waals surface area contributed by atoms with Crippen molar-refractivity contribution in [2.75, 3.05) is 11.9 Å². The molecule has 1 heterocycles. The molecule has 0 spiro atoms. The van der Waals surface area contributed by atoms with Crippen molar-refractivity contribution < 1.29 is 9.18 Å². The standard InChI is InChI=1S/C14H19FN2O/c1-9-3-4-16-13(7-9)14(18)17-12-6-10(2)5-11(15)8-12/h5-6,8-9,13,16H,3-4,7H2,1-2H3,(H,17,18). The summed E-state index contributed by atoms with van der Waals surface area (Å²) in [6.45, 7) is 4.81. The molecule has 3 nitrogen and oxygen atoms in total. The van der Waals surface area contributed by atoms with Gasteiger partial charge in [-0.25, -0.2) is 4.39 Å². The Hall–Kier alpha value is -1.42. The molecule has 1 fully saturated rings. The van der Waals surface area contributed by atoms with Gasteiger partial charge < -0.3 is 10.6 Å². The maximum atomic E-state index is 13.2. The van der Waals surface area contributed by atoms with Crippen molar-refractivity contribution in [3.63, 3.8) is 0 Å². The molecule has 1 aromatic rings. The third-order valence-corrected chi connectivity index (χ3v) is 3.29. The van der Waals surface area contributed by atoms with Crippen molar-refractivity contribution in [1.82, 2.24) is 5.32 Å². The number of carbonyl (C=O) groups excluding carboxylic acids is 1. The zero-order valence-corrected chi connectivity index (χ0v) is 10.8. The lowest BCUT2D eigenvalue weighted by Gasteiger charge is -2.27. The highest BCUT2D eigenvalue weighted by molar-refractivity contribution is 5.95. The summed E-state index contributed by atoms with van der Waals surface area (Å²) in [4.78, 5) is 12.0. The van der Waals surface area contributed by atoms with Crippen molar-refractivity contribution in [1.29, 1.82) is 0 Å². The van der Waals surface area contributed by atoms with E-state index in [2.05, 4.69) is 17.6 Å². The molecule has 1 saturated heterocycles. The number of nitrogens with one attached hydrogen (secondary N) is 2. The largest absolute Gasteiger partial charge is 0.325 e. The minimum Gasteiger partial charge on any atom is -0.325 e. The van der Waals surface area contributed by atoms with E-state index in [4.69, 9.17) is 0 Å². The smallest absolute Gasteiger partial charge is 0.241 e. The number of rotatable bonds is 2. The second-order valence-corrected chi connectivity index (χ2v) is 5.14. The molecule has 0 bridgehead atoms. The summed E-state index contributed by atoms with van der Waals surface area (Å²) in [5, 5.41) is 5.97. The molecule has 18 heavy (non-hydrogen) atoms. The summed E-state index contributed by atoms with van der Waals surface area (Å²) in [6.07, 6.45) is 1.93. The van der Waals surface area contributed by atoms with Gasteiger partial charge in [0, 0.05) is 5.69 Å². The minimum atomic E-state index is -0.324. The summed E-state index contributed by atoms with van der Waals surface area (Å²) in [6, 6.07) is 4.39. The van der Waals surface area contributed by atoms with Gasteiger partial charge in [0.25, 0.3) is 0 Å². The van der Waals surface area contributed by atoms with E-state index in [1.54, 1.807) is 13.0 Å². The highest BCUT2D eigenvalue weighted by atomic mass is 19.1. The van der Waals surface area contributed by atoms with Gasteiger partial charge in [0.05, 0.1) is 6.04 Å². The average molecular weight is 250 g/mol. The number of amides is 1. The van der Waals surface area contributed by atoms with Crippen LogP contribution in [0.5, 0.6) is 0 Å². The Morgan fingerprint density at radius 1 is 1.44 bits per heavy atom. The third-order valence-electron chi connectivity index (χ3n) is 3.29. The monoisotopic (exact) mass is 250 g/mol. The highest BCUT2D eigenvalue weighted by Gasteiger charge is 2.24. The number of piperidine rings is 1. The Morgan fingerprint density at radius 3 is 2.89 bits per heavy atom. The molecule has 1 aliphatic rings. The summed E-state index contributed by atoms with van der Waals surface area (Å²) in [7, 11) is 0.